The van der Waals surface area contributed by atoms with Crippen molar-refractivity contribution in [3.05, 3.63) is 88.2 Å². The van der Waals surface area contributed by atoms with Gasteiger partial charge in [-0.2, -0.15) is 13.2 Å². The summed E-state index contributed by atoms with van der Waals surface area (Å²) >= 11 is 0. The van der Waals surface area contributed by atoms with Gasteiger partial charge in [-0.3, -0.25) is 14.3 Å². The molecule has 0 saturated heterocycles. The Balaban J connectivity index is 1.57. The zero-order chi connectivity index (χ0) is 28.7. The molecule has 3 aromatic carbocycles. The Labute approximate surface area is 228 Å². The fourth-order valence-electron chi connectivity index (χ4n) is 5.19. The molecule has 8 nitrogen and oxygen atoms in total. The molecule has 0 radical (unpaired) electrons. The number of ether oxygens (including phenoxy) is 1. The van der Waals surface area contributed by atoms with Crippen LogP contribution in [0.25, 0.3) is 16.6 Å². The number of benzene rings is 3. The zero-order valence-electron chi connectivity index (χ0n) is 21.4. The van der Waals surface area contributed by atoms with Gasteiger partial charge in [0.05, 0.1) is 40.2 Å². The third-order valence-corrected chi connectivity index (χ3v) is 8.48. The van der Waals surface area contributed by atoms with E-state index in [-0.39, 0.29) is 17.0 Å². The number of hydrogen-bond acceptors (Lipinski definition) is 5. The molecule has 4 aromatic rings. The van der Waals surface area contributed by atoms with Gasteiger partial charge in [0.15, 0.2) is 0 Å². The van der Waals surface area contributed by atoms with Gasteiger partial charge in [-0.25, -0.2) is 17.8 Å². The average Bonchev–Trinajstić information content (AvgIpc) is 3.24. The molecule has 12 heteroatoms. The van der Waals surface area contributed by atoms with Crippen molar-refractivity contribution in [2.75, 3.05) is 7.11 Å². The Bertz CT molecular complexity index is 1740. The molecule has 1 saturated carbocycles. The van der Waals surface area contributed by atoms with Crippen LogP contribution in [0.3, 0.4) is 0 Å². The maximum absolute atomic E-state index is 13.7. The molecule has 1 N–H and O–H groups in total. The lowest BCUT2D eigenvalue weighted by Crippen LogP contribution is -2.32. The van der Waals surface area contributed by atoms with E-state index in [0.717, 1.165) is 50.3 Å². The molecule has 1 aliphatic rings. The lowest BCUT2D eigenvalue weighted by Gasteiger charge is -2.26. The molecule has 1 heterocycles. The van der Waals surface area contributed by atoms with Crippen LogP contribution in [0.15, 0.2) is 76.4 Å². The van der Waals surface area contributed by atoms with E-state index in [2.05, 4.69) is 0 Å². The topological polar surface area (TPSA) is 99.4 Å². The lowest BCUT2D eigenvalue weighted by molar-refractivity contribution is -0.139. The summed E-state index contributed by atoms with van der Waals surface area (Å²) in [5, 5.41) is 0.183. The van der Waals surface area contributed by atoms with Crippen LogP contribution in [0, 0.1) is 0 Å². The highest BCUT2D eigenvalue weighted by atomic mass is 32.2. The Morgan fingerprint density at radius 1 is 0.975 bits per heavy atom. The molecule has 0 spiro atoms. The van der Waals surface area contributed by atoms with Crippen LogP contribution in [-0.2, 0) is 16.2 Å². The van der Waals surface area contributed by atoms with Crippen LogP contribution < -0.4 is 15.0 Å². The number of fused-ring (bicyclic) bond motifs is 1. The highest BCUT2D eigenvalue weighted by molar-refractivity contribution is 7.90. The van der Waals surface area contributed by atoms with Crippen LogP contribution >= 0.6 is 0 Å². The molecule has 40 heavy (non-hydrogen) atoms. The molecular weight excluding hydrogens is 547 g/mol. The minimum Gasteiger partial charge on any atom is -0.497 e. The number of alkyl halides is 3. The summed E-state index contributed by atoms with van der Waals surface area (Å²) < 4.78 is 76.2. The van der Waals surface area contributed by atoms with Crippen molar-refractivity contribution >= 4 is 26.8 Å². The maximum atomic E-state index is 13.7. The van der Waals surface area contributed by atoms with Gasteiger partial charge in [-0.15, -0.1) is 0 Å². The van der Waals surface area contributed by atoms with Gasteiger partial charge in [0.2, 0.25) is 0 Å². The van der Waals surface area contributed by atoms with Gasteiger partial charge in [-0.1, -0.05) is 31.4 Å². The molecule has 0 aliphatic heterocycles. The number of hydrogen-bond donors (Lipinski definition) is 1. The zero-order valence-corrected chi connectivity index (χ0v) is 22.3. The maximum Gasteiger partial charge on any atom is 0.417 e. The second-order valence-electron chi connectivity index (χ2n) is 9.61. The molecule has 1 aromatic heterocycles. The van der Waals surface area contributed by atoms with Crippen molar-refractivity contribution in [2.45, 2.75) is 49.2 Å². The first-order chi connectivity index (χ1) is 19.0. The summed E-state index contributed by atoms with van der Waals surface area (Å²) in [6, 6.07) is 14.8. The molecule has 1 amide bonds. The summed E-state index contributed by atoms with van der Waals surface area (Å²) in [6.45, 7) is 0. The summed E-state index contributed by atoms with van der Waals surface area (Å²) in [7, 11) is -3.34. The molecule has 1 aliphatic carbocycles. The van der Waals surface area contributed by atoms with Crippen molar-refractivity contribution in [1.29, 1.82) is 0 Å². The van der Waals surface area contributed by atoms with Crippen LogP contribution in [0.2, 0.25) is 0 Å². The summed E-state index contributed by atoms with van der Waals surface area (Å²) in [6.07, 6.45) is -0.130. The van der Waals surface area contributed by atoms with Crippen LogP contribution in [-0.4, -0.2) is 30.8 Å². The third kappa shape index (κ3) is 5.10. The van der Waals surface area contributed by atoms with Gasteiger partial charge in [0.1, 0.15) is 5.75 Å². The molecule has 0 bridgehead atoms. The fraction of sp³-hybridized carbons (Fsp3) is 0.286. The number of nitrogens with zero attached hydrogens (tertiary/aromatic N) is 2. The second kappa shape index (κ2) is 10.5. The number of amides is 1. The van der Waals surface area contributed by atoms with Crippen LogP contribution in [0.4, 0.5) is 13.2 Å². The van der Waals surface area contributed by atoms with E-state index in [1.54, 1.807) is 35.1 Å². The van der Waals surface area contributed by atoms with Crippen LogP contribution in [0.1, 0.15) is 54.1 Å². The van der Waals surface area contributed by atoms with E-state index in [1.165, 1.54) is 23.9 Å². The van der Waals surface area contributed by atoms with Gasteiger partial charge in [0.25, 0.3) is 21.5 Å². The Kier molecular flexibility index (Phi) is 7.21. The SMILES string of the molecule is COc1ccc(-n2c(=O)c3cc(C(=O)NS(=O)(=O)c4ccccc4C(F)(F)F)ccc3n2C2CCCCC2)cc1. The first-order valence-electron chi connectivity index (χ1n) is 12.7. The van der Waals surface area contributed by atoms with Crippen LogP contribution in [0.5, 0.6) is 5.75 Å². The number of nitrogens with one attached hydrogen (secondary N) is 1. The smallest absolute Gasteiger partial charge is 0.417 e. The largest absolute Gasteiger partial charge is 0.497 e. The van der Waals surface area contributed by atoms with E-state index in [1.807, 2.05) is 4.68 Å². The Morgan fingerprint density at radius 3 is 2.30 bits per heavy atom. The minimum atomic E-state index is -4.94. The average molecular weight is 574 g/mol. The summed E-state index contributed by atoms with van der Waals surface area (Å²) in [5.74, 6) is -0.538. The van der Waals surface area contributed by atoms with Gasteiger partial charge in [-0.05, 0) is 67.4 Å². The van der Waals surface area contributed by atoms with Gasteiger partial charge < -0.3 is 4.74 Å². The van der Waals surface area contributed by atoms with Crippen molar-refractivity contribution < 1.29 is 31.1 Å². The summed E-state index contributed by atoms with van der Waals surface area (Å²) in [5.41, 5.74) is -0.830. The van der Waals surface area contributed by atoms with Gasteiger partial charge >= 0.3 is 6.18 Å². The highest BCUT2D eigenvalue weighted by Gasteiger charge is 2.37. The Hall–Kier alpha value is -4.06. The van der Waals surface area contributed by atoms with Crippen molar-refractivity contribution in [3.8, 4) is 11.4 Å². The number of carbonyl (C=O) groups excluding carboxylic acids is 1. The number of halogens is 3. The first-order valence-corrected chi connectivity index (χ1v) is 14.1. The number of methoxy groups -OCH3 is 1. The molecule has 1 fully saturated rings. The third-order valence-electron chi connectivity index (χ3n) is 7.09. The number of rotatable bonds is 6. The van der Waals surface area contributed by atoms with Crippen molar-refractivity contribution in [2.24, 2.45) is 0 Å². The molecule has 210 valence electrons. The summed E-state index contributed by atoms with van der Waals surface area (Å²) in [4.78, 5) is 25.6. The van der Waals surface area contributed by atoms with Gasteiger partial charge in [0, 0.05) is 5.56 Å². The molecule has 0 unspecified atom stereocenters. The standard InChI is InChI=1S/C28H26F3N3O5S/c1-39-21-14-12-20(13-15-21)34-27(36)22-17-18(11-16-24(22)33(34)19-7-3-2-4-8-19)26(35)32-40(37,38)25-10-6-5-9-23(25)28(29,30)31/h5-6,9-17,19H,2-4,7-8H2,1H3,(H,32,35). The predicted molar refractivity (Wildman–Crippen MR) is 142 cm³/mol. The number of carbonyl (C=O) groups is 1. The molecule has 0 atom stereocenters. The fourth-order valence-corrected chi connectivity index (χ4v) is 6.39. The predicted octanol–water partition coefficient (Wildman–Crippen LogP) is 5.44. The molecular formula is C28H26F3N3O5S. The van der Waals surface area contributed by atoms with Crippen molar-refractivity contribution in [1.82, 2.24) is 14.1 Å². The van der Waals surface area contributed by atoms with E-state index in [0.29, 0.717) is 23.0 Å². The normalized spacial score (nSPS) is 14.8. The molecule has 5 rings (SSSR count). The minimum absolute atomic E-state index is 0.0278. The number of aromatic nitrogens is 2. The highest BCUT2D eigenvalue weighted by Crippen LogP contribution is 2.34. The quantitative estimate of drug-likeness (QED) is 0.331. The van der Waals surface area contributed by atoms with E-state index < -0.39 is 38.1 Å². The number of sulfonamides is 1. The van der Waals surface area contributed by atoms with E-state index in [4.69, 9.17) is 4.74 Å². The second-order valence-corrected chi connectivity index (χ2v) is 11.3. The monoisotopic (exact) mass is 573 g/mol. The Morgan fingerprint density at radius 2 is 1.65 bits per heavy atom. The van der Waals surface area contributed by atoms with Crippen molar-refractivity contribution in [3.63, 3.8) is 0 Å². The van der Waals surface area contributed by atoms with E-state index in [9.17, 15) is 31.2 Å². The lowest BCUT2D eigenvalue weighted by atomic mass is 9.95. The first kappa shape index (κ1) is 27.5. The van der Waals surface area contributed by atoms with E-state index >= 15 is 0 Å².